The second kappa shape index (κ2) is 6.57. The number of nitrogens with one attached hydrogen (secondary N) is 1. The summed E-state index contributed by atoms with van der Waals surface area (Å²) in [4.78, 5) is 13.1. The van der Waals surface area contributed by atoms with E-state index in [0.717, 1.165) is 26.1 Å². The van der Waals surface area contributed by atoms with Gasteiger partial charge >= 0.3 is 5.97 Å². The molecule has 104 valence electrons. The Morgan fingerprint density at radius 2 is 2.26 bits per heavy atom. The molecule has 1 aliphatic heterocycles. The molecule has 0 saturated carbocycles. The number of aryl methyl sites for hydroxylation is 1. The van der Waals surface area contributed by atoms with E-state index in [1.54, 1.807) is 0 Å². The highest BCUT2D eigenvalue weighted by molar-refractivity contribution is 5.66. The number of carboxylic acid groups (broad SMARTS) is 1. The number of hydrogen-bond acceptors (Lipinski definition) is 3. The number of carbonyl (C=O) groups is 1. The monoisotopic (exact) mass is 262 g/mol. The summed E-state index contributed by atoms with van der Waals surface area (Å²) in [5.74, 6) is -0.714. The third-order valence-corrected chi connectivity index (χ3v) is 3.64. The topological polar surface area (TPSA) is 52.6 Å². The first kappa shape index (κ1) is 13.9. The third-order valence-electron chi connectivity index (χ3n) is 3.64. The Hall–Kier alpha value is -1.55. The van der Waals surface area contributed by atoms with E-state index in [4.69, 9.17) is 5.11 Å². The summed E-state index contributed by atoms with van der Waals surface area (Å²) in [7, 11) is 0. The smallest absolute Gasteiger partial charge is 0.303 e. The first-order valence-corrected chi connectivity index (χ1v) is 6.92. The van der Waals surface area contributed by atoms with E-state index in [2.05, 4.69) is 41.4 Å². The number of rotatable bonds is 4. The molecular weight excluding hydrogens is 240 g/mol. The van der Waals surface area contributed by atoms with E-state index in [-0.39, 0.29) is 12.5 Å². The van der Waals surface area contributed by atoms with Gasteiger partial charge in [0.2, 0.25) is 0 Å². The maximum atomic E-state index is 10.7. The van der Waals surface area contributed by atoms with E-state index in [1.165, 1.54) is 11.3 Å². The number of carboxylic acids is 1. The van der Waals surface area contributed by atoms with Gasteiger partial charge in [-0.1, -0.05) is 18.2 Å². The molecule has 1 saturated heterocycles. The SMILES string of the molecule is Cc1ccccc1N1CCCNC(CCC(=O)O)C1. The normalized spacial score (nSPS) is 20.1. The zero-order chi connectivity index (χ0) is 13.7. The van der Waals surface area contributed by atoms with Crippen LogP contribution in [0.25, 0.3) is 0 Å². The Kier molecular flexibility index (Phi) is 4.80. The van der Waals surface area contributed by atoms with Gasteiger partial charge in [0.15, 0.2) is 0 Å². The molecule has 0 aromatic heterocycles. The van der Waals surface area contributed by atoms with E-state index >= 15 is 0 Å². The van der Waals surface area contributed by atoms with Gasteiger partial charge in [-0.15, -0.1) is 0 Å². The first-order valence-electron chi connectivity index (χ1n) is 6.92. The van der Waals surface area contributed by atoms with Crippen molar-refractivity contribution in [1.29, 1.82) is 0 Å². The van der Waals surface area contributed by atoms with Crippen LogP contribution in [0.15, 0.2) is 24.3 Å². The maximum Gasteiger partial charge on any atom is 0.303 e. The molecule has 0 amide bonds. The summed E-state index contributed by atoms with van der Waals surface area (Å²) in [5, 5.41) is 12.3. The predicted octanol–water partition coefficient (Wildman–Crippen LogP) is 2.03. The van der Waals surface area contributed by atoms with Gasteiger partial charge in [0.05, 0.1) is 0 Å². The standard InChI is InChI=1S/C15H22N2O2/c1-12-5-2-3-6-14(12)17-10-4-9-16-13(11-17)7-8-15(18)19/h2-3,5-6,13,16H,4,7-11H2,1H3,(H,18,19). The predicted molar refractivity (Wildman–Crippen MR) is 76.7 cm³/mol. The first-order chi connectivity index (χ1) is 9.16. The lowest BCUT2D eigenvalue weighted by atomic mass is 10.1. The second-order valence-electron chi connectivity index (χ2n) is 5.17. The van der Waals surface area contributed by atoms with Crippen LogP contribution >= 0.6 is 0 Å². The zero-order valence-corrected chi connectivity index (χ0v) is 11.4. The van der Waals surface area contributed by atoms with Gasteiger partial charge in [0.25, 0.3) is 0 Å². The van der Waals surface area contributed by atoms with Crippen LogP contribution in [0.5, 0.6) is 0 Å². The molecule has 1 aromatic rings. The van der Waals surface area contributed by atoms with Crippen LogP contribution in [0.3, 0.4) is 0 Å². The molecule has 0 spiro atoms. The van der Waals surface area contributed by atoms with E-state index in [0.29, 0.717) is 6.42 Å². The minimum atomic E-state index is -0.714. The lowest BCUT2D eigenvalue weighted by Gasteiger charge is -2.27. The van der Waals surface area contributed by atoms with Crippen LogP contribution in [0.2, 0.25) is 0 Å². The summed E-state index contributed by atoms with van der Waals surface area (Å²) in [6.45, 7) is 5.01. The third kappa shape index (κ3) is 3.96. The highest BCUT2D eigenvalue weighted by atomic mass is 16.4. The molecule has 19 heavy (non-hydrogen) atoms. The van der Waals surface area contributed by atoms with Gasteiger partial charge in [0, 0.05) is 31.2 Å². The van der Waals surface area contributed by atoms with E-state index < -0.39 is 5.97 Å². The fourth-order valence-electron chi connectivity index (χ4n) is 2.63. The molecule has 1 heterocycles. The van der Waals surface area contributed by atoms with Gasteiger partial charge in [-0.05, 0) is 37.9 Å². The molecule has 1 aliphatic rings. The fourth-order valence-corrected chi connectivity index (χ4v) is 2.63. The van der Waals surface area contributed by atoms with Crippen LogP contribution in [0.1, 0.15) is 24.8 Å². The quantitative estimate of drug-likeness (QED) is 0.871. The fraction of sp³-hybridized carbons (Fsp3) is 0.533. The van der Waals surface area contributed by atoms with Crippen LogP contribution in [-0.4, -0.2) is 36.8 Å². The number of aliphatic carboxylic acids is 1. The van der Waals surface area contributed by atoms with Crippen molar-refractivity contribution >= 4 is 11.7 Å². The average Bonchev–Trinajstić information content (AvgIpc) is 2.62. The van der Waals surface area contributed by atoms with Crippen molar-refractivity contribution in [3.63, 3.8) is 0 Å². The molecular formula is C15H22N2O2. The van der Waals surface area contributed by atoms with Crippen molar-refractivity contribution < 1.29 is 9.90 Å². The highest BCUT2D eigenvalue weighted by Gasteiger charge is 2.19. The van der Waals surface area contributed by atoms with Gasteiger partial charge in [-0.3, -0.25) is 4.79 Å². The van der Waals surface area contributed by atoms with Crippen molar-refractivity contribution in [3.05, 3.63) is 29.8 Å². The largest absolute Gasteiger partial charge is 0.481 e. The molecule has 4 nitrogen and oxygen atoms in total. The molecule has 0 aliphatic carbocycles. The summed E-state index contributed by atoms with van der Waals surface area (Å²) in [6, 6.07) is 8.65. The lowest BCUT2D eigenvalue weighted by Crippen LogP contribution is -2.38. The summed E-state index contributed by atoms with van der Waals surface area (Å²) in [6.07, 6.45) is 2.02. The Balaban J connectivity index is 2.04. The second-order valence-corrected chi connectivity index (χ2v) is 5.17. The maximum absolute atomic E-state index is 10.7. The lowest BCUT2D eigenvalue weighted by molar-refractivity contribution is -0.137. The number of benzene rings is 1. The van der Waals surface area contributed by atoms with E-state index in [1.807, 2.05) is 0 Å². The number of hydrogen-bond donors (Lipinski definition) is 2. The van der Waals surface area contributed by atoms with Gasteiger partial charge in [-0.25, -0.2) is 0 Å². The molecule has 1 atom stereocenters. The molecule has 2 rings (SSSR count). The Morgan fingerprint density at radius 3 is 3.00 bits per heavy atom. The van der Waals surface area contributed by atoms with Crippen LogP contribution in [0.4, 0.5) is 5.69 Å². The molecule has 4 heteroatoms. The summed E-state index contributed by atoms with van der Waals surface area (Å²) >= 11 is 0. The van der Waals surface area contributed by atoms with Crippen molar-refractivity contribution in [3.8, 4) is 0 Å². The molecule has 1 fully saturated rings. The molecule has 0 radical (unpaired) electrons. The minimum Gasteiger partial charge on any atom is -0.481 e. The molecule has 1 aromatic carbocycles. The van der Waals surface area contributed by atoms with Crippen LogP contribution in [0, 0.1) is 6.92 Å². The Labute approximate surface area is 114 Å². The average molecular weight is 262 g/mol. The number of nitrogens with zero attached hydrogens (tertiary/aromatic N) is 1. The van der Waals surface area contributed by atoms with Crippen molar-refractivity contribution in [1.82, 2.24) is 5.32 Å². The molecule has 0 bridgehead atoms. The highest BCUT2D eigenvalue weighted by Crippen LogP contribution is 2.21. The Bertz CT molecular complexity index is 434. The summed E-state index contributed by atoms with van der Waals surface area (Å²) < 4.78 is 0. The van der Waals surface area contributed by atoms with Crippen molar-refractivity contribution in [2.75, 3.05) is 24.5 Å². The van der Waals surface area contributed by atoms with Crippen molar-refractivity contribution in [2.45, 2.75) is 32.2 Å². The van der Waals surface area contributed by atoms with Crippen LogP contribution < -0.4 is 10.2 Å². The summed E-state index contributed by atoms with van der Waals surface area (Å²) in [5.41, 5.74) is 2.55. The number of anilines is 1. The Morgan fingerprint density at radius 1 is 1.47 bits per heavy atom. The van der Waals surface area contributed by atoms with E-state index in [9.17, 15) is 4.79 Å². The van der Waals surface area contributed by atoms with Crippen molar-refractivity contribution in [2.24, 2.45) is 0 Å². The van der Waals surface area contributed by atoms with Gasteiger partial charge < -0.3 is 15.3 Å². The minimum absolute atomic E-state index is 0.235. The zero-order valence-electron chi connectivity index (χ0n) is 11.4. The van der Waals surface area contributed by atoms with Crippen LogP contribution in [-0.2, 0) is 4.79 Å². The van der Waals surface area contributed by atoms with Gasteiger partial charge in [-0.2, -0.15) is 0 Å². The molecule has 1 unspecified atom stereocenters. The number of para-hydroxylation sites is 1. The van der Waals surface area contributed by atoms with Gasteiger partial charge in [0.1, 0.15) is 0 Å². The molecule has 2 N–H and O–H groups in total.